The number of thioether (sulfide) groups is 1. The van der Waals surface area contributed by atoms with E-state index in [2.05, 4.69) is 29.1 Å². The third-order valence-electron chi connectivity index (χ3n) is 1.60. The topological polar surface area (TPSA) is 63.8 Å². The van der Waals surface area contributed by atoms with Crippen molar-refractivity contribution < 1.29 is 0 Å². The molecule has 3 N–H and O–H groups in total. The van der Waals surface area contributed by atoms with Gasteiger partial charge in [-0.05, 0) is 12.2 Å². The van der Waals surface area contributed by atoms with Crippen LogP contribution >= 0.6 is 11.8 Å². The number of nitrogens with zero attached hydrogens (tertiary/aromatic N) is 2. The fraction of sp³-hybridized carbons (Fsp3) is 0.556. The summed E-state index contributed by atoms with van der Waals surface area (Å²) in [6, 6.07) is 1.75. The normalized spacial score (nSPS) is 10.6. The average molecular weight is 212 g/mol. The zero-order chi connectivity index (χ0) is 10.6. The molecule has 1 rings (SSSR count). The number of rotatable bonds is 4. The second kappa shape index (κ2) is 5.05. The summed E-state index contributed by atoms with van der Waals surface area (Å²) >= 11 is 1.49. The van der Waals surface area contributed by atoms with Crippen molar-refractivity contribution in [1.82, 2.24) is 9.97 Å². The fourth-order valence-electron chi connectivity index (χ4n) is 0.934. The van der Waals surface area contributed by atoms with Crippen LogP contribution in [0.5, 0.6) is 0 Å². The molecule has 0 spiro atoms. The van der Waals surface area contributed by atoms with E-state index >= 15 is 0 Å². The van der Waals surface area contributed by atoms with E-state index in [4.69, 9.17) is 5.73 Å². The van der Waals surface area contributed by atoms with Crippen LogP contribution in [-0.2, 0) is 0 Å². The highest BCUT2D eigenvalue weighted by Gasteiger charge is 2.01. The number of nitrogen functional groups attached to an aromatic ring is 1. The SMILES string of the molecule is CSc1nc(N)cc(NCC(C)C)n1. The van der Waals surface area contributed by atoms with Gasteiger partial charge in [0.25, 0.3) is 0 Å². The number of nitrogens with two attached hydrogens (primary N) is 1. The maximum Gasteiger partial charge on any atom is 0.191 e. The van der Waals surface area contributed by atoms with E-state index in [0.29, 0.717) is 16.9 Å². The van der Waals surface area contributed by atoms with Gasteiger partial charge in [-0.25, -0.2) is 9.97 Å². The summed E-state index contributed by atoms with van der Waals surface area (Å²) in [7, 11) is 0. The molecule has 78 valence electrons. The van der Waals surface area contributed by atoms with Crippen LogP contribution < -0.4 is 11.1 Å². The second-order valence-corrected chi connectivity index (χ2v) is 4.21. The highest BCUT2D eigenvalue weighted by Crippen LogP contribution is 2.15. The highest BCUT2D eigenvalue weighted by atomic mass is 32.2. The van der Waals surface area contributed by atoms with Gasteiger partial charge in [0, 0.05) is 12.6 Å². The Kier molecular flexibility index (Phi) is 4.00. The first-order chi connectivity index (χ1) is 6.61. The van der Waals surface area contributed by atoms with Crippen LogP contribution in [0.4, 0.5) is 11.6 Å². The van der Waals surface area contributed by atoms with Crippen molar-refractivity contribution in [2.75, 3.05) is 23.9 Å². The monoisotopic (exact) mass is 212 g/mol. The van der Waals surface area contributed by atoms with Gasteiger partial charge in [-0.1, -0.05) is 25.6 Å². The van der Waals surface area contributed by atoms with Crippen LogP contribution in [0.15, 0.2) is 11.2 Å². The molecule has 5 heteroatoms. The van der Waals surface area contributed by atoms with Crippen molar-refractivity contribution in [1.29, 1.82) is 0 Å². The number of anilines is 2. The van der Waals surface area contributed by atoms with Gasteiger partial charge in [0.05, 0.1) is 0 Å². The number of hydrogen-bond acceptors (Lipinski definition) is 5. The van der Waals surface area contributed by atoms with Crippen LogP contribution in [0, 0.1) is 5.92 Å². The minimum atomic E-state index is 0.510. The lowest BCUT2D eigenvalue weighted by molar-refractivity contribution is 0.685. The van der Waals surface area contributed by atoms with Gasteiger partial charge in [0.2, 0.25) is 0 Å². The molecule has 0 radical (unpaired) electrons. The van der Waals surface area contributed by atoms with Gasteiger partial charge in [-0.2, -0.15) is 0 Å². The molecular formula is C9H16N4S. The predicted molar refractivity (Wildman–Crippen MR) is 61.6 cm³/mol. The summed E-state index contributed by atoms with van der Waals surface area (Å²) in [6.45, 7) is 5.18. The van der Waals surface area contributed by atoms with Crippen molar-refractivity contribution in [2.45, 2.75) is 19.0 Å². The van der Waals surface area contributed by atoms with E-state index in [1.54, 1.807) is 6.07 Å². The Labute approximate surface area is 88.7 Å². The molecule has 0 unspecified atom stereocenters. The number of hydrogen-bond donors (Lipinski definition) is 2. The van der Waals surface area contributed by atoms with Crippen LogP contribution in [0.2, 0.25) is 0 Å². The third kappa shape index (κ3) is 3.41. The van der Waals surface area contributed by atoms with E-state index in [9.17, 15) is 0 Å². The Morgan fingerprint density at radius 2 is 2.21 bits per heavy atom. The van der Waals surface area contributed by atoms with E-state index in [1.807, 2.05) is 6.26 Å². The molecule has 0 fully saturated rings. The molecular weight excluding hydrogens is 196 g/mol. The second-order valence-electron chi connectivity index (χ2n) is 3.44. The first kappa shape index (κ1) is 11.1. The Hall–Kier alpha value is -0.970. The molecule has 0 aliphatic heterocycles. The van der Waals surface area contributed by atoms with Gasteiger partial charge < -0.3 is 11.1 Å². The maximum absolute atomic E-state index is 5.64. The minimum absolute atomic E-state index is 0.510. The fourth-order valence-corrected chi connectivity index (χ4v) is 1.32. The first-order valence-electron chi connectivity index (χ1n) is 4.54. The highest BCUT2D eigenvalue weighted by molar-refractivity contribution is 7.98. The molecule has 1 aromatic rings. The molecule has 14 heavy (non-hydrogen) atoms. The van der Waals surface area contributed by atoms with Crippen molar-refractivity contribution in [3.05, 3.63) is 6.07 Å². The van der Waals surface area contributed by atoms with Crippen molar-refractivity contribution in [2.24, 2.45) is 5.92 Å². The molecule has 0 aromatic carbocycles. The quantitative estimate of drug-likeness (QED) is 0.589. The zero-order valence-electron chi connectivity index (χ0n) is 8.74. The van der Waals surface area contributed by atoms with Crippen molar-refractivity contribution in [3.63, 3.8) is 0 Å². The lowest BCUT2D eigenvalue weighted by Crippen LogP contribution is -2.10. The number of aromatic nitrogens is 2. The zero-order valence-corrected chi connectivity index (χ0v) is 9.56. The van der Waals surface area contributed by atoms with E-state index < -0.39 is 0 Å². The molecule has 0 aliphatic carbocycles. The predicted octanol–water partition coefficient (Wildman–Crippen LogP) is 1.85. The molecule has 1 heterocycles. The Morgan fingerprint density at radius 3 is 2.79 bits per heavy atom. The summed E-state index contributed by atoms with van der Waals surface area (Å²) < 4.78 is 0. The van der Waals surface area contributed by atoms with Crippen LogP contribution in [0.3, 0.4) is 0 Å². The molecule has 4 nitrogen and oxygen atoms in total. The van der Waals surface area contributed by atoms with Crippen LogP contribution in [-0.4, -0.2) is 22.8 Å². The third-order valence-corrected chi connectivity index (χ3v) is 2.15. The average Bonchev–Trinajstić information content (AvgIpc) is 2.14. The van der Waals surface area contributed by atoms with Gasteiger partial charge in [-0.15, -0.1) is 0 Å². The molecule has 1 aromatic heterocycles. The molecule has 0 saturated heterocycles. The lowest BCUT2D eigenvalue weighted by Gasteiger charge is -2.09. The summed E-state index contributed by atoms with van der Waals surface area (Å²) in [6.07, 6.45) is 1.93. The van der Waals surface area contributed by atoms with E-state index in [-0.39, 0.29) is 0 Å². The molecule has 0 atom stereocenters. The van der Waals surface area contributed by atoms with Crippen molar-refractivity contribution >= 4 is 23.4 Å². The summed E-state index contributed by atoms with van der Waals surface area (Å²) in [4.78, 5) is 8.35. The van der Waals surface area contributed by atoms with Gasteiger partial charge in [0.15, 0.2) is 5.16 Å². The van der Waals surface area contributed by atoms with Crippen molar-refractivity contribution in [3.8, 4) is 0 Å². The molecule has 0 amide bonds. The first-order valence-corrected chi connectivity index (χ1v) is 5.76. The largest absolute Gasteiger partial charge is 0.383 e. The Bertz CT molecular complexity index is 301. The Morgan fingerprint density at radius 1 is 1.50 bits per heavy atom. The standard InChI is InChI=1S/C9H16N4S/c1-6(2)5-11-8-4-7(10)12-9(13-8)14-3/h4,6H,5H2,1-3H3,(H3,10,11,12,13). The molecule has 0 bridgehead atoms. The number of nitrogens with one attached hydrogen (secondary N) is 1. The summed E-state index contributed by atoms with van der Waals surface area (Å²) in [5, 5.41) is 3.92. The van der Waals surface area contributed by atoms with Crippen LogP contribution in [0.1, 0.15) is 13.8 Å². The summed E-state index contributed by atoms with van der Waals surface area (Å²) in [5.74, 6) is 1.90. The van der Waals surface area contributed by atoms with Gasteiger partial charge >= 0.3 is 0 Å². The minimum Gasteiger partial charge on any atom is -0.383 e. The van der Waals surface area contributed by atoms with Gasteiger partial charge in [0.1, 0.15) is 11.6 Å². The van der Waals surface area contributed by atoms with Crippen LogP contribution in [0.25, 0.3) is 0 Å². The lowest BCUT2D eigenvalue weighted by atomic mass is 10.2. The summed E-state index contributed by atoms with van der Waals surface area (Å²) in [5.41, 5.74) is 5.64. The Balaban J connectivity index is 2.71. The molecule has 0 aliphatic rings. The molecule has 0 saturated carbocycles. The maximum atomic E-state index is 5.64. The smallest absolute Gasteiger partial charge is 0.191 e. The van der Waals surface area contributed by atoms with E-state index in [0.717, 1.165) is 12.4 Å². The van der Waals surface area contributed by atoms with Gasteiger partial charge in [-0.3, -0.25) is 0 Å². The van der Waals surface area contributed by atoms with E-state index in [1.165, 1.54) is 11.8 Å².